The van der Waals surface area contributed by atoms with Crippen molar-refractivity contribution in [2.45, 2.75) is 66.8 Å². The van der Waals surface area contributed by atoms with Crippen molar-refractivity contribution in [2.75, 3.05) is 0 Å². The summed E-state index contributed by atoms with van der Waals surface area (Å²) in [6, 6.07) is 2.05. The molecular weight excluding hydrogens is 431 g/mol. The quantitative estimate of drug-likeness (QED) is 0.672. The van der Waals surface area contributed by atoms with Crippen molar-refractivity contribution in [2.24, 2.45) is 0 Å². The summed E-state index contributed by atoms with van der Waals surface area (Å²) in [4.78, 5) is 10.7. The SMILES string of the molecule is O=C(CCC(F)(F)F)N[C@H]1CC[C@@](F)(S(=O)(=O)c2cccc(C(F)(F)F)c2)CC1. The fourth-order valence-corrected chi connectivity index (χ4v) is 4.80. The highest BCUT2D eigenvalue weighted by molar-refractivity contribution is 7.92. The van der Waals surface area contributed by atoms with Gasteiger partial charge in [-0.3, -0.25) is 4.79 Å². The third kappa shape index (κ3) is 5.83. The molecule has 0 spiro atoms. The third-order valence-corrected chi connectivity index (χ3v) is 6.93. The van der Waals surface area contributed by atoms with Gasteiger partial charge in [0.25, 0.3) is 0 Å². The Bertz CT molecular complexity index is 841. The molecule has 1 aromatic rings. The van der Waals surface area contributed by atoms with Gasteiger partial charge in [-0.2, -0.15) is 26.3 Å². The van der Waals surface area contributed by atoms with Crippen LogP contribution >= 0.6 is 0 Å². The summed E-state index contributed by atoms with van der Waals surface area (Å²) < 4.78 is 115. The molecule has 1 N–H and O–H groups in total. The second kappa shape index (κ2) is 8.11. The fourth-order valence-electron chi connectivity index (χ4n) is 3.07. The molecule has 1 saturated carbocycles. The maximum Gasteiger partial charge on any atom is 0.416 e. The van der Waals surface area contributed by atoms with Gasteiger partial charge in [-0.25, -0.2) is 12.8 Å². The molecular formula is C17H18F7NO3S. The van der Waals surface area contributed by atoms with E-state index in [4.69, 9.17) is 0 Å². The number of hydrogen-bond acceptors (Lipinski definition) is 3. The molecule has 1 aliphatic carbocycles. The number of carbonyl (C=O) groups is 1. The van der Waals surface area contributed by atoms with Crippen molar-refractivity contribution in [3.63, 3.8) is 0 Å². The maximum atomic E-state index is 15.1. The summed E-state index contributed by atoms with van der Waals surface area (Å²) in [7, 11) is -4.75. The number of alkyl halides is 7. The Morgan fingerprint density at radius 3 is 2.21 bits per heavy atom. The first-order chi connectivity index (χ1) is 13.1. The lowest BCUT2D eigenvalue weighted by molar-refractivity contribution is -0.144. The van der Waals surface area contributed by atoms with E-state index in [2.05, 4.69) is 5.32 Å². The molecule has 0 aliphatic heterocycles. The Morgan fingerprint density at radius 2 is 1.69 bits per heavy atom. The van der Waals surface area contributed by atoms with Crippen LogP contribution in [0.4, 0.5) is 30.7 Å². The number of nitrogens with one attached hydrogen (secondary N) is 1. The molecule has 0 radical (unpaired) electrons. The van der Waals surface area contributed by atoms with E-state index in [0.29, 0.717) is 12.1 Å². The first-order valence-corrected chi connectivity index (χ1v) is 10.1. The molecule has 0 saturated heterocycles. The largest absolute Gasteiger partial charge is 0.416 e. The molecule has 0 aromatic heterocycles. The van der Waals surface area contributed by atoms with Crippen LogP contribution in [0.3, 0.4) is 0 Å². The van der Waals surface area contributed by atoms with Gasteiger partial charge in [-0.05, 0) is 43.9 Å². The van der Waals surface area contributed by atoms with Crippen LogP contribution in [0.2, 0.25) is 0 Å². The Hall–Kier alpha value is -1.85. The van der Waals surface area contributed by atoms with Gasteiger partial charge in [0, 0.05) is 12.5 Å². The van der Waals surface area contributed by atoms with E-state index in [1.165, 1.54) is 0 Å². The van der Waals surface area contributed by atoms with E-state index >= 15 is 4.39 Å². The van der Waals surface area contributed by atoms with Crippen LogP contribution in [0, 0.1) is 0 Å². The first-order valence-electron chi connectivity index (χ1n) is 8.61. The highest BCUT2D eigenvalue weighted by Gasteiger charge is 2.48. The average Bonchev–Trinajstić information content (AvgIpc) is 2.61. The standard InChI is InChI=1S/C17H18F7NO3S/c18-15(29(27,28)13-3-1-2-11(10-13)17(22,23)24)7-4-12(5-8-15)25-14(26)6-9-16(19,20)21/h1-3,10,12H,4-9H2,(H,25,26)/t12-,15+. The van der Waals surface area contributed by atoms with Gasteiger partial charge in [0.2, 0.25) is 20.7 Å². The lowest BCUT2D eigenvalue weighted by atomic mass is 9.93. The summed E-state index contributed by atoms with van der Waals surface area (Å²) in [5, 5.41) is -0.529. The number of carbonyl (C=O) groups excluding carboxylic acids is 1. The molecule has 0 atom stereocenters. The molecule has 12 heteroatoms. The smallest absolute Gasteiger partial charge is 0.353 e. The second-order valence-electron chi connectivity index (χ2n) is 6.87. The van der Waals surface area contributed by atoms with E-state index in [1.54, 1.807) is 0 Å². The predicted molar refractivity (Wildman–Crippen MR) is 88.2 cm³/mol. The first kappa shape index (κ1) is 23.4. The second-order valence-corrected chi connectivity index (χ2v) is 9.08. The Labute approximate surface area is 162 Å². The number of amides is 1. The average molecular weight is 449 g/mol. The number of hydrogen-bond donors (Lipinski definition) is 1. The Kier molecular flexibility index (Phi) is 6.56. The summed E-state index contributed by atoms with van der Waals surface area (Å²) in [6.07, 6.45) is -13.0. The molecule has 2 rings (SSSR count). The normalized spacial score (nSPS) is 23.6. The van der Waals surface area contributed by atoms with Gasteiger partial charge in [0.15, 0.2) is 0 Å². The third-order valence-electron chi connectivity index (χ3n) is 4.69. The molecule has 1 amide bonds. The molecule has 29 heavy (non-hydrogen) atoms. The minimum atomic E-state index is -4.80. The summed E-state index contributed by atoms with van der Waals surface area (Å²) in [5.41, 5.74) is -1.23. The lowest BCUT2D eigenvalue weighted by Gasteiger charge is -2.34. The number of rotatable bonds is 5. The van der Waals surface area contributed by atoms with Crippen molar-refractivity contribution in [1.82, 2.24) is 5.32 Å². The summed E-state index contributed by atoms with van der Waals surface area (Å²) in [5.74, 6) is -0.889. The Morgan fingerprint density at radius 1 is 1.10 bits per heavy atom. The zero-order valence-corrected chi connectivity index (χ0v) is 15.7. The monoisotopic (exact) mass is 449 g/mol. The number of sulfone groups is 1. The molecule has 0 heterocycles. The maximum absolute atomic E-state index is 15.1. The summed E-state index contributed by atoms with van der Waals surface area (Å²) >= 11 is 0. The van der Waals surface area contributed by atoms with Crippen molar-refractivity contribution < 1.29 is 43.9 Å². The number of halogens is 7. The lowest BCUT2D eigenvalue weighted by Crippen LogP contribution is -2.45. The highest BCUT2D eigenvalue weighted by atomic mass is 32.2. The van der Waals surface area contributed by atoms with E-state index in [-0.39, 0.29) is 12.8 Å². The van der Waals surface area contributed by atoms with Crippen LogP contribution < -0.4 is 5.32 Å². The molecule has 1 aliphatic rings. The minimum Gasteiger partial charge on any atom is -0.353 e. The molecule has 0 unspecified atom stereocenters. The minimum absolute atomic E-state index is 0.174. The molecule has 1 fully saturated rings. The van der Waals surface area contributed by atoms with Crippen LogP contribution in [0.1, 0.15) is 44.1 Å². The molecule has 0 bridgehead atoms. The fraction of sp³-hybridized carbons (Fsp3) is 0.588. The van der Waals surface area contributed by atoms with Crippen molar-refractivity contribution in [3.05, 3.63) is 29.8 Å². The van der Waals surface area contributed by atoms with E-state index in [1.807, 2.05) is 0 Å². The molecule has 164 valence electrons. The van der Waals surface area contributed by atoms with Crippen LogP contribution in [0.15, 0.2) is 29.2 Å². The van der Waals surface area contributed by atoms with Gasteiger partial charge in [0.1, 0.15) is 0 Å². The highest BCUT2D eigenvalue weighted by Crippen LogP contribution is 2.41. The van der Waals surface area contributed by atoms with Crippen LogP contribution in [-0.2, 0) is 20.8 Å². The van der Waals surface area contributed by atoms with E-state index in [9.17, 15) is 39.6 Å². The van der Waals surface area contributed by atoms with Crippen molar-refractivity contribution >= 4 is 15.7 Å². The number of benzene rings is 1. The van der Waals surface area contributed by atoms with Crippen molar-refractivity contribution in [3.8, 4) is 0 Å². The van der Waals surface area contributed by atoms with Crippen LogP contribution in [0.5, 0.6) is 0 Å². The topological polar surface area (TPSA) is 63.2 Å². The summed E-state index contributed by atoms with van der Waals surface area (Å²) in [6.45, 7) is 0. The van der Waals surface area contributed by atoms with Gasteiger partial charge >= 0.3 is 12.4 Å². The predicted octanol–water partition coefficient (Wildman–Crippen LogP) is 4.55. The zero-order chi connectivity index (χ0) is 22.1. The van der Waals surface area contributed by atoms with Gasteiger partial charge in [-0.15, -0.1) is 0 Å². The van der Waals surface area contributed by atoms with Crippen LogP contribution in [0.25, 0.3) is 0 Å². The van der Waals surface area contributed by atoms with Gasteiger partial charge in [0.05, 0.1) is 16.9 Å². The zero-order valence-electron chi connectivity index (χ0n) is 14.9. The van der Waals surface area contributed by atoms with E-state index in [0.717, 1.165) is 12.1 Å². The van der Waals surface area contributed by atoms with Gasteiger partial charge in [-0.1, -0.05) is 6.07 Å². The van der Waals surface area contributed by atoms with E-state index < -0.39 is 75.3 Å². The molecule has 4 nitrogen and oxygen atoms in total. The van der Waals surface area contributed by atoms with Gasteiger partial charge < -0.3 is 5.32 Å². The van der Waals surface area contributed by atoms with Crippen LogP contribution in [-0.4, -0.2) is 31.5 Å². The van der Waals surface area contributed by atoms with Crippen molar-refractivity contribution in [1.29, 1.82) is 0 Å². The molecule has 1 aromatic carbocycles. The Balaban J connectivity index is 2.05.